The lowest BCUT2D eigenvalue weighted by molar-refractivity contribution is 0.216. The van der Waals surface area contributed by atoms with E-state index in [1.165, 1.54) is 6.07 Å². The molecule has 2 unspecified atom stereocenters. The lowest BCUT2D eigenvalue weighted by atomic mass is 10.1. The van der Waals surface area contributed by atoms with Crippen LogP contribution in [0, 0.1) is 12.8 Å². The highest BCUT2D eigenvalue weighted by Gasteiger charge is 2.21. The van der Waals surface area contributed by atoms with Crippen molar-refractivity contribution in [1.82, 2.24) is 4.72 Å². The molecule has 4 N–H and O–H groups in total. The number of hydrogen-bond donors (Lipinski definition) is 3. The number of rotatable bonds is 5. The monoisotopic (exact) mass is 272 g/mol. The minimum Gasteiger partial charge on any atom is -0.399 e. The molecule has 0 aliphatic rings. The number of nitrogens with two attached hydrogens (primary N) is 1. The van der Waals surface area contributed by atoms with Crippen molar-refractivity contribution >= 4 is 15.7 Å². The fraction of sp³-hybridized carbons (Fsp3) is 0.500. The topological polar surface area (TPSA) is 92.4 Å². The molecule has 18 heavy (non-hydrogen) atoms. The van der Waals surface area contributed by atoms with Gasteiger partial charge < -0.3 is 10.8 Å². The maximum Gasteiger partial charge on any atom is 0.240 e. The molecule has 0 fully saturated rings. The molecule has 0 radical (unpaired) electrons. The van der Waals surface area contributed by atoms with E-state index in [4.69, 9.17) is 10.8 Å². The van der Waals surface area contributed by atoms with Gasteiger partial charge in [0.25, 0.3) is 0 Å². The van der Waals surface area contributed by atoms with Crippen LogP contribution in [0.15, 0.2) is 23.1 Å². The normalized spacial score (nSPS) is 15.3. The van der Waals surface area contributed by atoms with E-state index in [2.05, 4.69) is 4.72 Å². The van der Waals surface area contributed by atoms with Gasteiger partial charge in [-0.15, -0.1) is 0 Å². The number of aliphatic hydroxyl groups is 1. The molecule has 0 spiro atoms. The quantitative estimate of drug-likeness (QED) is 0.694. The molecule has 0 aliphatic heterocycles. The van der Waals surface area contributed by atoms with Gasteiger partial charge in [0.05, 0.1) is 4.90 Å². The molecule has 0 saturated carbocycles. The Morgan fingerprint density at radius 2 is 1.94 bits per heavy atom. The third kappa shape index (κ3) is 3.69. The van der Waals surface area contributed by atoms with E-state index in [0.29, 0.717) is 5.69 Å². The van der Waals surface area contributed by atoms with Crippen molar-refractivity contribution in [2.45, 2.75) is 31.7 Å². The van der Waals surface area contributed by atoms with Crippen molar-refractivity contribution in [3.05, 3.63) is 23.8 Å². The van der Waals surface area contributed by atoms with Gasteiger partial charge in [-0.05, 0) is 43.5 Å². The Hall–Kier alpha value is -1.11. The zero-order chi connectivity index (χ0) is 13.9. The Balaban J connectivity index is 2.99. The summed E-state index contributed by atoms with van der Waals surface area (Å²) in [6.07, 6.45) is 0. The largest absolute Gasteiger partial charge is 0.399 e. The highest BCUT2D eigenvalue weighted by molar-refractivity contribution is 7.89. The summed E-state index contributed by atoms with van der Waals surface area (Å²) >= 11 is 0. The zero-order valence-electron chi connectivity index (χ0n) is 10.8. The Morgan fingerprint density at radius 1 is 1.33 bits per heavy atom. The third-order valence-corrected chi connectivity index (χ3v) is 4.40. The molecule has 0 amide bonds. The molecule has 1 aromatic carbocycles. The summed E-state index contributed by atoms with van der Waals surface area (Å²) in [6.45, 7) is 5.21. The number of hydrogen-bond acceptors (Lipinski definition) is 4. The molecule has 6 heteroatoms. The van der Waals surface area contributed by atoms with Crippen molar-refractivity contribution in [1.29, 1.82) is 0 Å². The minimum absolute atomic E-state index is 0.0698. The number of aliphatic hydroxyl groups excluding tert-OH is 1. The Kier molecular flexibility index (Phi) is 4.72. The summed E-state index contributed by atoms with van der Waals surface area (Å²) < 4.78 is 26.8. The van der Waals surface area contributed by atoms with Gasteiger partial charge in [-0.2, -0.15) is 0 Å². The Labute approximate surface area is 108 Å². The summed E-state index contributed by atoms with van der Waals surface area (Å²) in [5, 5.41) is 9.01. The van der Waals surface area contributed by atoms with Crippen LogP contribution < -0.4 is 10.5 Å². The highest BCUT2D eigenvalue weighted by Crippen LogP contribution is 2.17. The Bertz CT molecular complexity index is 494. The van der Waals surface area contributed by atoms with Gasteiger partial charge in [0.15, 0.2) is 0 Å². The molecule has 1 rings (SSSR count). The fourth-order valence-electron chi connectivity index (χ4n) is 1.52. The first-order valence-corrected chi connectivity index (χ1v) is 7.25. The van der Waals surface area contributed by atoms with Gasteiger partial charge in [0, 0.05) is 18.3 Å². The van der Waals surface area contributed by atoms with Crippen LogP contribution in [-0.4, -0.2) is 26.2 Å². The first-order chi connectivity index (χ1) is 8.26. The van der Waals surface area contributed by atoms with Gasteiger partial charge in [0.2, 0.25) is 10.0 Å². The van der Waals surface area contributed by atoms with Crippen LogP contribution in [0.3, 0.4) is 0 Å². The van der Waals surface area contributed by atoms with Gasteiger partial charge in [-0.1, -0.05) is 6.92 Å². The van der Waals surface area contributed by atoms with Crippen molar-refractivity contribution in [3.63, 3.8) is 0 Å². The van der Waals surface area contributed by atoms with Crippen LogP contribution in [0.1, 0.15) is 19.4 Å². The molecule has 2 atom stereocenters. The van der Waals surface area contributed by atoms with E-state index < -0.39 is 10.0 Å². The van der Waals surface area contributed by atoms with E-state index in [9.17, 15) is 8.42 Å². The average molecular weight is 272 g/mol. The summed E-state index contributed by atoms with van der Waals surface area (Å²) in [5.74, 6) is -0.151. The molecule has 0 bridgehead atoms. The van der Waals surface area contributed by atoms with Gasteiger partial charge in [-0.25, -0.2) is 13.1 Å². The standard InChI is InChI=1S/C12H20N2O3S/c1-8-4-11(13)6-12(5-8)18(16,17)14-10(3)9(2)7-15/h4-6,9-10,14-15H,7,13H2,1-3H3. The Morgan fingerprint density at radius 3 is 2.44 bits per heavy atom. The molecule has 0 aliphatic carbocycles. The second-order valence-corrected chi connectivity index (χ2v) is 6.36. The summed E-state index contributed by atoms with van der Waals surface area (Å²) in [5.41, 5.74) is 6.85. The molecule has 1 aromatic rings. The lowest BCUT2D eigenvalue weighted by Crippen LogP contribution is -2.38. The number of sulfonamides is 1. The van der Waals surface area contributed by atoms with E-state index >= 15 is 0 Å². The minimum atomic E-state index is -3.60. The van der Waals surface area contributed by atoms with Crippen molar-refractivity contribution < 1.29 is 13.5 Å². The van der Waals surface area contributed by atoms with Crippen LogP contribution in [-0.2, 0) is 10.0 Å². The SMILES string of the molecule is Cc1cc(N)cc(S(=O)(=O)NC(C)C(C)CO)c1. The van der Waals surface area contributed by atoms with Crippen molar-refractivity contribution in [3.8, 4) is 0 Å². The second-order valence-electron chi connectivity index (χ2n) is 4.65. The van der Waals surface area contributed by atoms with Crippen LogP contribution >= 0.6 is 0 Å². The molecular formula is C12H20N2O3S. The summed E-state index contributed by atoms with van der Waals surface area (Å²) in [4.78, 5) is 0.150. The maximum atomic E-state index is 12.1. The van der Waals surface area contributed by atoms with Crippen molar-refractivity contribution in [2.24, 2.45) is 5.92 Å². The van der Waals surface area contributed by atoms with E-state index in [0.717, 1.165) is 5.56 Å². The summed E-state index contributed by atoms with van der Waals surface area (Å²) in [6, 6.07) is 4.35. The maximum absolute atomic E-state index is 12.1. The molecule has 0 aromatic heterocycles. The smallest absolute Gasteiger partial charge is 0.240 e. The van der Waals surface area contributed by atoms with E-state index in [1.54, 1.807) is 32.9 Å². The van der Waals surface area contributed by atoms with Gasteiger partial charge in [0.1, 0.15) is 0 Å². The number of aryl methyl sites for hydroxylation is 1. The molecule has 102 valence electrons. The van der Waals surface area contributed by atoms with E-state index in [-0.39, 0.29) is 23.5 Å². The molecule has 0 saturated heterocycles. The zero-order valence-corrected chi connectivity index (χ0v) is 11.7. The number of benzene rings is 1. The van der Waals surface area contributed by atoms with Gasteiger partial charge in [-0.3, -0.25) is 0 Å². The number of nitrogens with one attached hydrogen (secondary N) is 1. The second kappa shape index (κ2) is 5.69. The van der Waals surface area contributed by atoms with Crippen molar-refractivity contribution in [2.75, 3.05) is 12.3 Å². The molecule has 0 heterocycles. The van der Waals surface area contributed by atoms with Crippen LogP contribution in [0.4, 0.5) is 5.69 Å². The van der Waals surface area contributed by atoms with Gasteiger partial charge >= 0.3 is 0 Å². The van der Waals surface area contributed by atoms with Crippen LogP contribution in [0.2, 0.25) is 0 Å². The molecular weight excluding hydrogens is 252 g/mol. The lowest BCUT2D eigenvalue weighted by Gasteiger charge is -2.19. The first-order valence-electron chi connectivity index (χ1n) is 5.76. The number of nitrogen functional groups attached to an aromatic ring is 1. The van der Waals surface area contributed by atoms with Crippen LogP contribution in [0.25, 0.3) is 0 Å². The number of anilines is 1. The highest BCUT2D eigenvalue weighted by atomic mass is 32.2. The first kappa shape index (κ1) is 14.9. The molecule has 5 nitrogen and oxygen atoms in total. The summed E-state index contributed by atoms with van der Waals surface area (Å²) in [7, 11) is -3.60. The fourth-order valence-corrected chi connectivity index (χ4v) is 3.01. The predicted octanol–water partition coefficient (Wildman–Crippen LogP) is 0.872. The van der Waals surface area contributed by atoms with E-state index in [1.807, 2.05) is 0 Å². The third-order valence-electron chi connectivity index (χ3n) is 2.87. The average Bonchev–Trinajstić information content (AvgIpc) is 2.26. The predicted molar refractivity (Wildman–Crippen MR) is 71.6 cm³/mol. The van der Waals surface area contributed by atoms with Crippen LogP contribution in [0.5, 0.6) is 0 Å².